The molecule has 47 heavy (non-hydrogen) atoms. The van der Waals surface area contributed by atoms with Gasteiger partial charge in [-0.25, -0.2) is 4.68 Å². The number of carbonyl (C=O) groups is 2. The average Bonchev–Trinajstić information content (AvgIpc) is 3.79. The predicted octanol–water partition coefficient (Wildman–Crippen LogP) is 7.54. The lowest BCUT2D eigenvalue weighted by Crippen LogP contribution is -2.34. The third kappa shape index (κ3) is 8.36. The first kappa shape index (κ1) is 33.6. The molecule has 2 atom stereocenters. The van der Waals surface area contributed by atoms with Gasteiger partial charge in [0, 0.05) is 17.3 Å². The van der Waals surface area contributed by atoms with Crippen LogP contribution in [0.1, 0.15) is 63.1 Å². The van der Waals surface area contributed by atoms with Crippen molar-refractivity contribution in [2.75, 3.05) is 5.32 Å². The van der Waals surface area contributed by atoms with Crippen molar-refractivity contribution in [1.82, 2.24) is 9.78 Å². The molecule has 246 valence electrons. The zero-order valence-electron chi connectivity index (χ0n) is 26.8. The summed E-state index contributed by atoms with van der Waals surface area (Å²) < 4.78 is 49.1. The van der Waals surface area contributed by atoms with Crippen LogP contribution in [0.15, 0.2) is 95.8 Å². The maximum Gasteiger partial charge on any atom is 0.392 e. The normalized spacial score (nSPS) is 15.4. The summed E-state index contributed by atoms with van der Waals surface area (Å²) in [4.78, 5) is 38.9. The number of carbonyl (C=O) groups excluding carboxylic acids is 2. The van der Waals surface area contributed by atoms with Crippen LogP contribution in [0.2, 0.25) is 0 Å². The lowest BCUT2D eigenvalue weighted by Gasteiger charge is -2.26. The van der Waals surface area contributed by atoms with E-state index in [-0.39, 0.29) is 23.6 Å². The fraction of sp³-hybridized carbons (Fsp3) is 0.351. The van der Waals surface area contributed by atoms with Crippen molar-refractivity contribution in [3.63, 3.8) is 0 Å². The van der Waals surface area contributed by atoms with Crippen molar-refractivity contribution in [2.24, 2.45) is 11.3 Å². The number of aromatic nitrogens is 2. The molecule has 10 heteroatoms. The summed E-state index contributed by atoms with van der Waals surface area (Å²) in [6, 6.07) is 25.4. The summed E-state index contributed by atoms with van der Waals surface area (Å²) in [5.74, 6) is -4.59. The first-order valence-electron chi connectivity index (χ1n) is 15.6. The van der Waals surface area contributed by atoms with E-state index in [1.54, 1.807) is 36.4 Å². The van der Waals surface area contributed by atoms with Crippen molar-refractivity contribution in [1.29, 1.82) is 0 Å². The molecular formula is C37H38F3N3O4. The van der Waals surface area contributed by atoms with E-state index >= 15 is 0 Å². The Morgan fingerprint density at radius 3 is 2.21 bits per heavy atom. The molecule has 1 aliphatic rings. The highest BCUT2D eigenvalue weighted by Gasteiger charge is 2.52. The number of esters is 1. The van der Waals surface area contributed by atoms with E-state index in [0.717, 1.165) is 18.1 Å². The van der Waals surface area contributed by atoms with Gasteiger partial charge in [0.05, 0.1) is 29.5 Å². The number of hydrogen-bond acceptors (Lipinski definition) is 5. The van der Waals surface area contributed by atoms with E-state index in [9.17, 15) is 27.6 Å². The second kappa shape index (κ2) is 13.2. The Morgan fingerprint density at radius 2 is 1.60 bits per heavy atom. The zero-order chi connectivity index (χ0) is 34.0. The molecule has 1 aromatic heterocycles. The van der Waals surface area contributed by atoms with E-state index in [2.05, 4.69) is 10.4 Å². The van der Waals surface area contributed by atoms with Gasteiger partial charge in [-0.3, -0.25) is 14.4 Å². The number of hydrogen-bond donors (Lipinski definition) is 1. The molecule has 5 rings (SSSR count). The molecule has 7 nitrogen and oxygen atoms in total. The van der Waals surface area contributed by atoms with Crippen molar-refractivity contribution in [3.05, 3.63) is 118 Å². The highest BCUT2D eigenvalue weighted by atomic mass is 19.4. The second-order valence-electron chi connectivity index (χ2n) is 13.3. The van der Waals surface area contributed by atoms with E-state index in [1.165, 1.54) is 22.9 Å². The van der Waals surface area contributed by atoms with Crippen molar-refractivity contribution in [2.45, 2.75) is 71.2 Å². The Hall–Kier alpha value is -4.73. The van der Waals surface area contributed by atoms with Crippen LogP contribution in [0.4, 0.5) is 18.9 Å². The number of anilines is 1. The lowest BCUT2D eigenvalue weighted by molar-refractivity contribution is -0.178. The van der Waals surface area contributed by atoms with Crippen LogP contribution in [0.5, 0.6) is 0 Å². The number of ether oxygens (including phenoxy) is 1. The van der Waals surface area contributed by atoms with E-state index in [0.29, 0.717) is 36.2 Å². The number of rotatable bonds is 10. The minimum absolute atomic E-state index is 0.100. The fourth-order valence-electron chi connectivity index (χ4n) is 5.54. The van der Waals surface area contributed by atoms with Crippen LogP contribution in [0.25, 0.3) is 11.3 Å². The zero-order valence-corrected chi connectivity index (χ0v) is 26.8. The Balaban J connectivity index is 1.33. The first-order chi connectivity index (χ1) is 22.1. The molecule has 1 heterocycles. The highest BCUT2D eigenvalue weighted by Crippen LogP contribution is 2.50. The molecule has 0 spiro atoms. The van der Waals surface area contributed by atoms with Crippen molar-refractivity contribution in [3.8, 4) is 11.3 Å². The van der Waals surface area contributed by atoms with Crippen LogP contribution in [0, 0.1) is 11.3 Å². The number of alkyl halides is 3. The van der Waals surface area contributed by atoms with Gasteiger partial charge < -0.3 is 10.1 Å². The van der Waals surface area contributed by atoms with Crippen LogP contribution < -0.4 is 10.9 Å². The summed E-state index contributed by atoms with van der Waals surface area (Å²) in [6.45, 7) is 6.53. The average molecular weight is 646 g/mol. The maximum atomic E-state index is 14.1. The van der Waals surface area contributed by atoms with Crippen LogP contribution in [-0.4, -0.2) is 33.4 Å². The van der Waals surface area contributed by atoms with Crippen molar-refractivity contribution < 1.29 is 27.5 Å². The fourth-order valence-corrected chi connectivity index (χ4v) is 5.54. The van der Waals surface area contributed by atoms with Gasteiger partial charge in [-0.05, 0) is 74.9 Å². The summed E-state index contributed by atoms with van der Waals surface area (Å²) >= 11 is 0. The van der Waals surface area contributed by atoms with Gasteiger partial charge in [0.25, 0.3) is 5.56 Å². The second-order valence-corrected chi connectivity index (χ2v) is 13.3. The molecule has 3 aromatic carbocycles. The van der Waals surface area contributed by atoms with Crippen LogP contribution in [0.3, 0.4) is 0 Å². The molecule has 4 aromatic rings. The van der Waals surface area contributed by atoms with E-state index in [4.69, 9.17) is 4.74 Å². The molecular weight excluding hydrogens is 607 g/mol. The maximum absolute atomic E-state index is 14.1. The third-order valence-corrected chi connectivity index (χ3v) is 8.33. The van der Waals surface area contributed by atoms with Gasteiger partial charge in [0.1, 0.15) is 5.60 Å². The van der Waals surface area contributed by atoms with Crippen molar-refractivity contribution >= 4 is 17.6 Å². The molecule has 0 bridgehead atoms. The largest absolute Gasteiger partial charge is 0.460 e. The Morgan fingerprint density at radius 1 is 0.915 bits per heavy atom. The van der Waals surface area contributed by atoms with Crippen LogP contribution in [-0.2, 0) is 27.3 Å². The predicted molar refractivity (Wildman–Crippen MR) is 174 cm³/mol. The Bertz CT molecular complexity index is 1790. The van der Waals surface area contributed by atoms with Gasteiger partial charge >= 0.3 is 12.1 Å². The Kier molecular flexibility index (Phi) is 9.43. The molecule has 1 saturated carbocycles. The number of halogens is 3. The molecule has 1 amide bonds. The molecule has 1 fully saturated rings. The SMILES string of the molecule is CC(C(C(=O)Nc1cccc(CC2(C(=O)OC(C)(C)C)CC2)c1)c1ccc(Cn2nc(-c3ccccc3)ccc2=O)cc1)C(F)(F)F. The van der Waals surface area contributed by atoms with Gasteiger partial charge in [-0.2, -0.15) is 18.3 Å². The number of benzene rings is 3. The van der Waals surface area contributed by atoms with E-state index in [1.807, 2.05) is 57.2 Å². The topological polar surface area (TPSA) is 90.3 Å². The highest BCUT2D eigenvalue weighted by molar-refractivity contribution is 5.96. The minimum Gasteiger partial charge on any atom is -0.460 e. The van der Waals surface area contributed by atoms with Gasteiger partial charge in [-0.1, -0.05) is 73.7 Å². The van der Waals surface area contributed by atoms with Gasteiger partial charge in [0.2, 0.25) is 5.91 Å². The molecule has 1 aliphatic carbocycles. The summed E-state index contributed by atoms with van der Waals surface area (Å²) in [7, 11) is 0. The molecule has 2 unspecified atom stereocenters. The summed E-state index contributed by atoms with van der Waals surface area (Å²) in [5.41, 5.74) is 1.82. The number of nitrogens with zero attached hydrogens (tertiary/aromatic N) is 2. The van der Waals surface area contributed by atoms with Gasteiger partial charge in [-0.15, -0.1) is 0 Å². The minimum atomic E-state index is -4.64. The van der Waals surface area contributed by atoms with E-state index < -0.39 is 34.9 Å². The number of nitrogens with one attached hydrogen (secondary N) is 1. The molecule has 0 radical (unpaired) electrons. The standard InChI is InChI=1S/C37H38F3N3O4/c1-24(37(38,39)40)32(33(45)41-29-12-8-9-26(21-29)22-36(19-20-36)34(46)47-35(2,3)4)28-15-13-25(14-16-28)23-43-31(44)18-17-30(42-43)27-10-6-5-7-11-27/h5-18,21,24,32H,19-20,22-23H2,1-4H3,(H,41,45). The number of amides is 1. The first-order valence-corrected chi connectivity index (χ1v) is 15.6. The Labute approximate surface area is 271 Å². The monoisotopic (exact) mass is 645 g/mol. The summed E-state index contributed by atoms with van der Waals surface area (Å²) in [5, 5.41) is 7.14. The summed E-state index contributed by atoms with van der Waals surface area (Å²) in [6.07, 6.45) is -2.86. The molecule has 0 aliphatic heterocycles. The lowest BCUT2D eigenvalue weighted by atomic mass is 9.85. The van der Waals surface area contributed by atoms with Crippen LogP contribution >= 0.6 is 0 Å². The smallest absolute Gasteiger partial charge is 0.392 e. The molecule has 1 N–H and O–H groups in total. The van der Waals surface area contributed by atoms with Gasteiger partial charge in [0.15, 0.2) is 0 Å². The third-order valence-electron chi connectivity index (χ3n) is 8.33. The quantitative estimate of drug-likeness (QED) is 0.180. The molecule has 0 saturated heterocycles.